The average Bonchev–Trinajstić information content (AvgIpc) is 1.79. The quantitative estimate of drug-likeness (QED) is 0.460. The second-order valence-corrected chi connectivity index (χ2v) is 3.18. The summed E-state index contributed by atoms with van der Waals surface area (Å²) < 4.78 is 5.02. The third kappa shape index (κ3) is 1.07. The summed E-state index contributed by atoms with van der Waals surface area (Å²) in [6.45, 7) is 5.93. The predicted octanol–water partition coefficient (Wildman–Crippen LogP) is 1.35. The Morgan fingerprint density at radius 2 is 2.22 bits per heavy atom. The summed E-state index contributed by atoms with van der Waals surface area (Å²) in [7, 11) is 0. The van der Waals surface area contributed by atoms with Crippen molar-refractivity contribution in [3.63, 3.8) is 0 Å². The van der Waals surface area contributed by atoms with Crippen molar-refractivity contribution >= 4 is 5.97 Å². The Hall–Kier alpha value is -0.530. The minimum absolute atomic E-state index is 0.0625. The summed E-state index contributed by atoms with van der Waals surface area (Å²) in [5.74, 6) is 0.303. The van der Waals surface area contributed by atoms with Gasteiger partial charge in [-0.2, -0.15) is 0 Å². The number of hydrogen-bond acceptors (Lipinski definition) is 2. The van der Waals surface area contributed by atoms with E-state index in [0.29, 0.717) is 12.3 Å². The SMILES string of the molecule is C[C@H]1CC(=O)OC1(C)C. The Balaban J connectivity index is 2.69. The summed E-state index contributed by atoms with van der Waals surface area (Å²) >= 11 is 0. The minimum atomic E-state index is -0.225. The van der Waals surface area contributed by atoms with Crippen molar-refractivity contribution in [1.82, 2.24) is 0 Å². The first-order chi connectivity index (χ1) is 4.02. The molecule has 0 unspecified atom stereocenters. The highest BCUT2D eigenvalue weighted by Crippen LogP contribution is 2.31. The van der Waals surface area contributed by atoms with E-state index in [4.69, 9.17) is 4.74 Å². The van der Waals surface area contributed by atoms with E-state index < -0.39 is 0 Å². The topological polar surface area (TPSA) is 26.3 Å². The van der Waals surface area contributed by atoms with E-state index in [2.05, 4.69) is 0 Å². The Labute approximate surface area is 55.2 Å². The van der Waals surface area contributed by atoms with Crippen LogP contribution in [0, 0.1) is 5.92 Å². The van der Waals surface area contributed by atoms with Gasteiger partial charge in [0.15, 0.2) is 0 Å². The van der Waals surface area contributed by atoms with Crippen molar-refractivity contribution in [1.29, 1.82) is 0 Å². The highest BCUT2D eigenvalue weighted by molar-refractivity contribution is 5.72. The molecule has 0 aromatic carbocycles. The van der Waals surface area contributed by atoms with Crippen LogP contribution >= 0.6 is 0 Å². The molecule has 1 saturated heterocycles. The Bertz CT molecular complexity index is 138. The Kier molecular flexibility index (Phi) is 1.26. The first-order valence-electron chi connectivity index (χ1n) is 3.24. The number of cyclic esters (lactones) is 1. The second kappa shape index (κ2) is 1.72. The van der Waals surface area contributed by atoms with Gasteiger partial charge in [-0.1, -0.05) is 6.92 Å². The van der Waals surface area contributed by atoms with Crippen LogP contribution in [0.25, 0.3) is 0 Å². The highest BCUT2D eigenvalue weighted by atomic mass is 16.6. The monoisotopic (exact) mass is 128 g/mol. The molecule has 2 nitrogen and oxygen atoms in total. The fraction of sp³-hybridized carbons (Fsp3) is 0.857. The number of esters is 1. The smallest absolute Gasteiger partial charge is 0.306 e. The van der Waals surface area contributed by atoms with Crippen LogP contribution < -0.4 is 0 Å². The van der Waals surface area contributed by atoms with E-state index in [1.165, 1.54) is 0 Å². The molecule has 9 heavy (non-hydrogen) atoms. The van der Waals surface area contributed by atoms with Gasteiger partial charge < -0.3 is 4.74 Å². The molecule has 1 fully saturated rings. The molecule has 0 aromatic rings. The van der Waals surface area contributed by atoms with Crippen LogP contribution in [-0.4, -0.2) is 11.6 Å². The molecule has 1 aliphatic rings. The molecule has 0 saturated carbocycles. The maximum absolute atomic E-state index is 10.6. The van der Waals surface area contributed by atoms with Gasteiger partial charge in [0.1, 0.15) is 5.60 Å². The van der Waals surface area contributed by atoms with Gasteiger partial charge in [-0.25, -0.2) is 0 Å². The number of ether oxygens (including phenoxy) is 1. The summed E-state index contributed by atoms with van der Waals surface area (Å²) in [6.07, 6.45) is 0.576. The zero-order valence-electron chi connectivity index (χ0n) is 6.10. The van der Waals surface area contributed by atoms with Gasteiger partial charge in [0.05, 0.1) is 6.42 Å². The largest absolute Gasteiger partial charge is 0.459 e. The fourth-order valence-corrected chi connectivity index (χ4v) is 0.931. The average molecular weight is 128 g/mol. The van der Waals surface area contributed by atoms with E-state index in [0.717, 1.165) is 0 Å². The van der Waals surface area contributed by atoms with Crippen LogP contribution in [0.2, 0.25) is 0 Å². The molecule has 1 rings (SSSR count). The van der Waals surface area contributed by atoms with Crippen LogP contribution in [-0.2, 0) is 9.53 Å². The Morgan fingerprint density at radius 3 is 2.33 bits per heavy atom. The molecule has 0 aromatic heterocycles. The summed E-state index contributed by atoms with van der Waals surface area (Å²) in [5.41, 5.74) is -0.225. The van der Waals surface area contributed by atoms with E-state index >= 15 is 0 Å². The molecule has 0 aliphatic carbocycles. The lowest BCUT2D eigenvalue weighted by molar-refractivity contribution is -0.146. The second-order valence-electron chi connectivity index (χ2n) is 3.18. The highest BCUT2D eigenvalue weighted by Gasteiger charge is 2.38. The molecule has 2 heteroatoms. The van der Waals surface area contributed by atoms with Crippen molar-refractivity contribution in [3.05, 3.63) is 0 Å². The molecule has 1 atom stereocenters. The van der Waals surface area contributed by atoms with Gasteiger partial charge in [-0.15, -0.1) is 0 Å². The minimum Gasteiger partial charge on any atom is -0.459 e. The molecule has 1 aliphatic heterocycles. The van der Waals surface area contributed by atoms with Gasteiger partial charge in [-0.05, 0) is 13.8 Å². The van der Waals surface area contributed by atoms with Crippen LogP contribution in [0.5, 0.6) is 0 Å². The third-order valence-electron chi connectivity index (χ3n) is 2.04. The van der Waals surface area contributed by atoms with Gasteiger partial charge in [0.2, 0.25) is 0 Å². The standard InChI is InChI=1S/C7H12O2/c1-5-4-6(8)9-7(5,2)3/h5H,4H2,1-3H3/t5-/m0/s1. The maximum Gasteiger partial charge on any atom is 0.306 e. The summed E-state index contributed by atoms with van der Waals surface area (Å²) in [6, 6.07) is 0. The fourth-order valence-electron chi connectivity index (χ4n) is 0.931. The Morgan fingerprint density at radius 1 is 1.67 bits per heavy atom. The van der Waals surface area contributed by atoms with E-state index in [1.807, 2.05) is 20.8 Å². The summed E-state index contributed by atoms with van der Waals surface area (Å²) in [5, 5.41) is 0. The molecule has 0 spiro atoms. The number of rotatable bonds is 0. The molecular weight excluding hydrogens is 116 g/mol. The molecule has 0 N–H and O–H groups in total. The van der Waals surface area contributed by atoms with E-state index in [1.54, 1.807) is 0 Å². The van der Waals surface area contributed by atoms with Crippen molar-refractivity contribution < 1.29 is 9.53 Å². The predicted molar refractivity (Wildman–Crippen MR) is 34.0 cm³/mol. The van der Waals surface area contributed by atoms with Crippen molar-refractivity contribution in [3.8, 4) is 0 Å². The first-order valence-corrected chi connectivity index (χ1v) is 3.24. The van der Waals surface area contributed by atoms with Crippen molar-refractivity contribution in [2.75, 3.05) is 0 Å². The van der Waals surface area contributed by atoms with Crippen molar-refractivity contribution in [2.24, 2.45) is 5.92 Å². The van der Waals surface area contributed by atoms with Crippen LogP contribution in [0.15, 0.2) is 0 Å². The maximum atomic E-state index is 10.6. The number of carbonyl (C=O) groups excluding carboxylic acids is 1. The van der Waals surface area contributed by atoms with Gasteiger partial charge in [0, 0.05) is 5.92 Å². The number of hydrogen-bond donors (Lipinski definition) is 0. The van der Waals surface area contributed by atoms with Crippen molar-refractivity contribution in [2.45, 2.75) is 32.8 Å². The van der Waals surface area contributed by atoms with Crippen LogP contribution in [0.1, 0.15) is 27.2 Å². The first kappa shape index (κ1) is 6.59. The molecule has 0 bridgehead atoms. The molecule has 1 heterocycles. The lowest BCUT2D eigenvalue weighted by Gasteiger charge is -2.20. The van der Waals surface area contributed by atoms with Crippen LogP contribution in [0.4, 0.5) is 0 Å². The van der Waals surface area contributed by atoms with E-state index in [9.17, 15) is 4.79 Å². The number of carbonyl (C=O) groups is 1. The van der Waals surface area contributed by atoms with Gasteiger partial charge in [0.25, 0.3) is 0 Å². The van der Waals surface area contributed by atoms with E-state index in [-0.39, 0.29) is 11.6 Å². The van der Waals surface area contributed by atoms with Gasteiger partial charge >= 0.3 is 5.97 Å². The molecule has 0 amide bonds. The van der Waals surface area contributed by atoms with Crippen LogP contribution in [0.3, 0.4) is 0 Å². The summed E-state index contributed by atoms with van der Waals surface area (Å²) in [4.78, 5) is 10.6. The van der Waals surface area contributed by atoms with Gasteiger partial charge in [-0.3, -0.25) is 4.79 Å². The third-order valence-corrected chi connectivity index (χ3v) is 2.04. The lowest BCUT2D eigenvalue weighted by atomic mass is 9.93. The molecular formula is C7H12O2. The normalized spacial score (nSPS) is 32.3. The lowest BCUT2D eigenvalue weighted by Crippen LogP contribution is -2.25. The zero-order valence-corrected chi connectivity index (χ0v) is 6.10. The zero-order chi connectivity index (χ0) is 7.07. The molecule has 52 valence electrons. The molecule has 0 radical (unpaired) electrons.